The Kier molecular flexibility index (Phi) is 4.40. The van der Waals surface area contributed by atoms with E-state index in [1.54, 1.807) is 0 Å². The molecule has 7 heteroatoms. The number of hydrogen-bond acceptors (Lipinski definition) is 5. The Labute approximate surface area is 131 Å². The van der Waals surface area contributed by atoms with Crippen molar-refractivity contribution in [2.45, 2.75) is 19.4 Å². The molecule has 0 fully saturated rings. The van der Waals surface area contributed by atoms with Crippen molar-refractivity contribution < 1.29 is 9.47 Å². The molecule has 6 nitrogen and oxygen atoms in total. The number of fused-ring (bicyclic) bond motifs is 1. The molecule has 0 bridgehead atoms. The summed E-state index contributed by atoms with van der Waals surface area (Å²) in [6.45, 7) is 2.47. The lowest BCUT2D eigenvalue weighted by Gasteiger charge is -2.19. The van der Waals surface area contributed by atoms with Crippen LogP contribution in [0.4, 0.5) is 0 Å². The van der Waals surface area contributed by atoms with E-state index in [0.717, 1.165) is 40.1 Å². The topological polar surface area (TPSA) is 75.2 Å². The molecule has 1 aliphatic rings. The second-order valence-electron chi connectivity index (χ2n) is 4.89. The normalized spacial score (nSPS) is 13.4. The van der Waals surface area contributed by atoms with E-state index in [0.29, 0.717) is 26.3 Å². The monoisotopic (exact) mass is 352 g/mol. The maximum atomic E-state index is 5.61. The van der Waals surface area contributed by atoms with Crippen LogP contribution < -0.4 is 15.2 Å². The van der Waals surface area contributed by atoms with Gasteiger partial charge in [-0.05, 0) is 37.1 Å². The van der Waals surface area contributed by atoms with Gasteiger partial charge in [0, 0.05) is 10.7 Å². The standard InChI is InChI=1S/C14H17BrN4O2/c15-12-7-14-13(20-4-5-21-14)6-10(12)8-19-9-11(17-18-19)2-1-3-16/h6-7,9H,1-5,8,16H2. The lowest BCUT2D eigenvalue weighted by atomic mass is 10.2. The van der Waals surface area contributed by atoms with Crippen LogP contribution in [0.25, 0.3) is 0 Å². The largest absolute Gasteiger partial charge is 0.486 e. The van der Waals surface area contributed by atoms with E-state index < -0.39 is 0 Å². The smallest absolute Gasteiger partial charge is 0.162 e. The maximum absolute atomic E-state index is 5.61. The number of halogens is 1. The zero-order valence-electron chi connectivity index (χ0n) is 11.6. The molecule has 2 N–H and O–H groups in total. The molecular weight excluding hydrogens is 336 g/mol. The van der Waals surface area contributed by atoms with Crippen LogP contribution >= 0.6 is 15.9 Å². The van der Waals surface area contributed by atoms with Crippen molar-refractivity contribution in [1.82, 2.24) is 15.0 Å². The lowest BCUT2D eigenvalue weighted by molar-refractivity contribution is 0.171. The molecule has 2 heterocycles. The third-order valence-electron chi connectivity index (χ3n) is 3.27. The van der Waals surface area contributed by atoms with Gasteiger partial charge in [0.25, 0.3) is 0 Å². The number of hydrogen-bond donors (Lipinski definition) is 1. The van der Waals surface area contributed by atoms with E-state index in [4.69, 9.17) is 15.2 Å². The van der Waals surface area contributed by atoms with E-state index in [2.05, 4.69) is 26.2 Å². The first-order valence-electron chi connectivity index (χ1n) is 6.93. The molecule has 112 valence electrons. The summed E-state index contributed by atoms with van der Waals surface area (Å²) in [6.07, 6.45) is 3.74. The highest BCUT2D eigenvalue weighted by Gasteiger charge is 2.15. The molecule has 0 spiro atoms. The summed E-state index contributed by atoms with van der Waals surface area (Å²) in [5.41, 5.74) is 7.55. The van der Waals surface area contributed by atoms with Crippen LogP contribution in [0.3, 0.4) is 0 Å². The first-order chi connectivity index (χ1) is 10.3. The fourth-order valence-corrected chi connectivity index (χ4v) is 2.66. The van der Waals surface area contributed by atoms with Crippen LogP contribution in [0.5, 0.6) is 11.5 Å². The quantitative estimate of drug-likeness (QED) is 0.887. The van der Waals surface area contributed by atoms with Gasteiger partial charge in [-0.2, -0.15) is 0 Å². The molecule has 1 aliphatic heterocycles. The fourth-order valence-electron chi connectivity index (χ4n) is 2.22. The molecule has 0 saturated carbocycles. The van der Waals surface area contributed by atoms with Crippen molar-refractivity contribution >= 4 is 15.9 Å². The van der Waals surface area contributed by atoms with Gasteiger partial charge in [0.05, 0.1) is 12.2 Å². The van der Waals surface area contributed by atoms with Crippen molar-refractivity contribution in [2.24, 2.45) is 5.73 Å². The Balaban J connectivity index is 1.76. The van der Waals surface area contributed by atoms with Crippen molar-refractivity contribution in [3.8, 4) is 11.5 Å². The summed E-state index contributed by atoms with van der Waals surface area (Å²) in [4.78, 5) is 0. The van der Waals surface area contributed by atoms with Gasteiger partial charge >= 0.3 is 0 Å². The van der Waals surface area contributed by atoms with Crippen LogP contribution in [-0.2, 0) is 13.0 Å². The molecule has 3 rings (SSSR count). The Hall–Kier alpha value is -1.60. The zero-order valence-corrected chi connectivity index (χ0v) is 13.2. The lowest BCUT2D eigenvalue weighted by Crippen LogP contribution is -2.16. The average molecular weight is 353 g/mol. The number of aryl methyl sites for hydroxylation is 1. The third kappa shape index (κ3) is 3.36. The summed E-state index contributed by atoms with van der Waals surface area (Å²) in [5, 5.41) is 8.30. The van der Waals surface area contributed by atoms with Crippen LogP contribution in [0.1, 0.15) is 17.7 Å². The Morgan fingerprint density at radius 3 is 2.76 bits per heavy atom. The van der Waals surface area contributed by atoms with Crippen LogP contribution in [-0.4, -0.2) is 34.8 Å². The summed E-state index contributed by atoms with van der Waals surface area (Å²) >= 11 is 3.57. The van der Waals surface area contributed by atoms with Crippen LogP contribution in [0.15, 0.2) is 22.8 Å². The van der Waals surface area contributed by atoms with E-state index in [1.807, 2.05) is 23.0 Å². The van der Waals surface area contributed by atoms with E-state index in [-0.39, 0.29) is 0 Å². The van der Waals surface area contributed by atoms with Gasteiger partial charge in [-0.15, -0.1) is 5.10 Å². The van der Waals surface area contributed by atoms with E-state index in [9.17, 15) is 0 Å². The van der Waals surface area contributed by atoms with Gasteiger partial charge in [-0.25, -0.2) is 4.68 Å². The molecular formula is C14H17BrN4O2. The molecule has 1 aromatic heterocycles. The highest BCUT2D eigenvalue weighted by atomic mass is 79.9. The first-order valence-corrected chi connectivity index (χ1v) is 7.72. The minimum Gasteiger partial charge on any atom is -0.486 e. The molecule has 0 amide bonds. The van der Waals surface area contributed by atoms with E-state index >= 15 is 0 Å². The number of nitrogens with two attached hydrogens (primary N) is 1. The predicted molar refractivity (Wildman–Crippen MR) is 81.6 cm³/mol. The second-order valence-corrected chi connectivity index (χ2v) is 5.74. The minimum absolute atomic E-state index is 0.584. The molecule has 0 atom stereocenters. The molecule has 2 aromatic rings. The summed E-state index contributed by atoms with van der Waals surface area (Å²) in [5.74, 6) is 1.56. The zero-order chi connectivity index (χ0) is 14.7. The van der Waals surface area contributed by atoms with Crippen LogP contribution in [0, 0.1) is 0 Å². The molecule has 1 aromatic carbocycles. The summed E-state index contributed by atoms with van der Waals surface area (Å²) in [7, 11) is 0. The Bertz CT molecular complexity index is 629. The van der Waals surface area contributed by atoms with Crippen molar-refractivity contribution in [3.63, 3.8) is 0 Å². The summed E-state index contributed by atoms with van der Waals surface area (Å²) in [6, 6.07) is 3.93. The number of rotatable bonds is 5. The minimum atomic E-state index is 0.584. The molecule has 0 radical (unpaired) electrons. The van der Waals surface area contributed by atoms with Crippen LogP contribution in [0.2, 0.25) is 0 Å². The van der Waals surface area contributed by atoms with Crippen molar-refractivity contribution in [1.29, 1.82) is 0 Å². The molecule has 0 saturated heterocycles. The van der Waals surface area contributed by atoms with Gasteiger partial charge < -0.3 is 15.2 Å². The van der Waals surface area contributed by atoms with Crippen molar-refractivity contribution in [2.75, 3.05) is 19.8 Å². The van der Waals surface area contributed by atoms with Gasteiger partial charge in [-0.1, -0.05) is 21.1 Å². The molecule has 21 heavy (non-hydrogen) atoms. The second kappa shape index (κ2) is 6.44. The number of benzene rings is 1. The highest BCUT2D eigenvalue weighted by Crippen LogP contribution is 2.35. The number of ether oxygens (including phenoxy) is 2. The van der Waals surface area contributed by atoms with Gasteiger partial charge in [0.2, 0.25) is 0 Å². The third-order valence-corrected chi connectivity index (χ3v) is 4.00. The van der Waals surface area contributed by atoms with Gasteiger partial charge in [0.1, 0.15) is 13.2 Å². The predicted octanol–water partition coefficient (Wildman–Crippen LogP) is 1.75. The number of nitrogens with zero attached hydrogens (tertiary/aromatic N) is 3. The number of aromatic nitrogens is 3. The average Bonchev–Trinajstić information content (AvgIpc) is 2.93. The maximum Gasteiger partial charge on any atom is 0.162 e. The SMILES string of the molecule is NCCCc1cn(Cc2cc3c(cc2Br)OCCO3)nn1. The van der Waals surface area contributed by atoms with Gasteiger partial charge in [-0.3, -0.25) is 0 Å². The first kappa shape index (κ1) is 14.3. The Morgan fingerprint density at radius 1 is 1.24 bits per heavy atom. The molecule has 0 aliphatic carbocycles. The van der Waals surface area contributed by atoms with Gasteiger partial charge in [0.15, 0.2) is 11.5 Å². The van der Waals surface area contributed by atoms with E-state index in [1.165, 1.54) is 0 Å². The highest BCUT2D eigenvalue weighted by molar-refractivity contribution is 9.10. The Morgan fingerprint density at radius 2 is 2.00 bits per heavy atom. The molecule has 0 unspecified atom stereocenters. The summed E-state index contributed by atoms with van der Waals surface area (Å²) < 4.78 is 14.0. The fraction of sp³-hybridized carbons (Fsp3) is 0.429. The van der Waals surface area contributed by atoms with Crippen molar-refractivity contribution in [3.05, 3.63) is 34.1 Å².